The number of hydrogen-bond acceptors (Lipinski definition) is 3. The SMILES string of the molecule is Cc1ccc(C(=O)O)cc1NC(=O)C(CS)Cc1ccccc1. The van der Waals surface area contributed by atoms with Gasteiger partial charge in [0.25, 0.3) is 0 Å². The number of rotatable bonds is 6. The number of carboxylic acids is 1. The van der Waals surface area contributed by atoms with Gasteiger partial charge in [-0.2, -0.15) is 12.6 Å². The van der Waals surface area contributed by atoms with Crippen molar-refractivity contribution in [1.29, 1.82) is 0 Å². The van der Waals surface area contributed by atoms with E-state index in [1.54, 1.807) is 6.07 Å². The largest absolute Gasteiger partial charge is 0.478 e. The van der Waals surface area contributed by atoms with Crippen molar-refractivity contribution in [2.45, 2.75) is 13.3 Å². The minimum absolute atomic E-state index is 0.149. The van der Waals surface area contributed by atoms with Gasteiger partial charge in [-0.15, -0.1) is 0 Å². The van der Waals surface area contributed by atoms with Gasteiger partial charge in [-0.25, -0.2) is 4.79 Å². The average molecular weight is 329 g/mol. The molecule has 2 N–H and O–H groups in total. The minimum Gasteiger partial charge on any atom is -0.478 e. The van der Waals surface area contributed by atoms with Crippen molar-refractivity contribution in [2.75, 3.05) is 11.1 Å². The quantitative estimate of drug-likeness (QED) is 0.712. The molecule has 0 aliphatic heterocycles. The van der Waals surface area contributed by atoms with Crippen LogP contribution in [0, 0.1) is 12.8 Å². The Hall–Kier alpha value is -2.27. The van der Waals surface area contributed by atoms with E-state index in [4.69, 9.17) is 5.11 Å². The van der Waals surface area contributed by atoms with Crippen LogP contribution in [-0.2, 0) is 11.2 Å². The van der Waals surface area contributed by atoms with Crippen molar-refractivity contribution >= 4 is 30.2 Å². The Bertz CT molecular complexity index is 701. The van der Waals surface area contributed by atoms with Crippen LogP contribution in [0.2, 0.25) is 0 Å². The molecule has 0 aromatic heterocycles. The van der Waals surface area contributed by atoms with Gasteiger partial charge < -0.3 is 10.4 Å². The van der Waals surface area contributed by atoms with Gasteiger partial charge in [-0.05, 0) is 36.6 Å². The molecule has 0 radical (unpaired) electrons. The van der Waals surface area contributed by atoms with Gasteiger partial charge in [-0.3, -0.25) is 4.79 Å². The van der Waals surface area contributed by atoms with Gasteiger partial charge in [0, 0.05) is 11.4 Å². The van der Waals surface area contributed by atoms with Crippen LogP contribution in [0.25, 0.3) is 0 Å². The number of carbonyl (C=O) groups excluding carboxylic acids is 1. The lowest BCUT2D eigenvalue weighted by atomic mass is 9.99. The second kappa shape index (κ2) is 7.83. The van der Waals surface area contributed by atoms with Crippen molar-refractivity contribution in [3.63, 3.8) is 0 Å². The second-order valence-electron chi connectivity index (χ2n) is 5.39. The van der Waals surface area contributed by atoms with E-state index in [0.717, 1.165) is 11.1 Å². The lowest BCUT2D eigenvalue weighted by molar-refractivity contribution is -0.119. The summed E-state index contributed by atoms with van der Waals surface area (Å²) in [4.78, 5) is 23.5. The maximum absolute atomic E-state index is 12.5. The molecular formula is C18H19NO3S. The normalized spacial score (nSPS) is 11.7. The van der Waals surface area contributed by atoms with Crippen molar-refractivity contribution in [2.24, 2.45) is 5.92 Å². The molecule has 0 fully saturated rings. The van der Waals surface area contributed by atoms with Crippen molar-refractivity contribution in [3.05, 3.63) is 65.2 Å². The predicted octanol–water partition coefficient (Wildman–Crippen LogP) is 3.42. The average Bonchev–Trinajstić information content (AvgIpc) is 2.55. The van der Waals surface area contributed by atoms with Crippen LogP contribution in [0.1, 0.15) is 21.5 Å². The smallest absolute Gasteiger partial charge is 0.335 e. The summed E-state index contributed by atoms with van der Waals surface area (Å²) in [7, 11) is 0. The van der Waals surface area contributed by atoms with Gasteiger partial charge in [0.2, 0.25) is 5.91 Å². The number of carboxylic acid groups (broad SMARTS) is 1. The van der Waals surface area contributed by atoms with E-state index in [1.165, 1.54) is 12.1 Å². The number of nitrogens with one attached hydrogen (secondary N) is 1. The Labute approximate surface area is 141 Å². The van der Waals surface area contributed by atoms with Crippen LogP contribution in [0.4, 0.5) is 5.69 Å². The molecule has 0 saturated carbocycles. The van der Waals surface area contributed by atoms with E-state index in [-0.39, 0.29) is 17.4 Å². The molecule has 0 saturated heterocycles. The zero-order valence-corrected chi connectivity index (χ0v) is 13.7. The number of hydrogen-bond donors (Lipinski definition) is 3. The molecule has 0 spiro atoms. The maximum atomic E-state index is 12.5. The summed E-state index contributed by atoms with van der Waals surface area (Å²) in [6.07, 6.45) is 0.591. The number of benzene rings is 2. The Morgan fingerprint density at radius 2 is 1.87 bits per heavy atom. The molecule has 0 aliphatic carbocycles. The van der Waals surface area contributed by atoms with Gasteiger partial charge >= 0.3 is 5.97 Å². The number of aryl methyl sites for hydroxylation is 1. The monoisotopic (exact) mass is 329 g/mol. The third-order valence-corrected chi connectivity index (χ3v) is 4.10. The van der Waals surface area contributed by atoms with Crippen molar-refractivity contribution in [1.82, 2.24) is 0 Å². The standard InChI is InChI=1S/C18H19NO3S/c1-12-7-8-14(18(21)22)10-16(12)19-17(20)15(11-23)9-13-5-3-2-4-6-13/h2-8,10,15,23H,9,11H2,1H3,(H,19,20)(H,21,22). The topological polar surface area (TPSA) is 66.4 Å². The van der Waals surface area contributed by atoms with Crippen LogP contribution < -0.4 is 5.32 Å². The summed E-state index contributed by atoms with van der Waals surface area (Å²) in [6.45, 7) is 1.83. The molecule has 4 nitrogen and oxygen atoms in total. The van der Waals surface area contributed by atoms with Crippen LogP contribution in [0.15, 0.2) is 48.5 Å². The fourth-order valence-electron chi connectivity index (χ4n) is 2.26. The van der Waals surface area contributed by atoms with Gasteiger partial charge in [0.1, 0.15) is 0 Å². The Morgan fingerprint density at radius 3 is 2.48 bits per heavy atom. The van der Waals surface area contributed by atoms with E-state index in [9.17, 15) is 9.59 Å². The number of thiol groups is 1. The van der Waals surface area contributed by atoms with Gasteiger partial charge in [0.05, 0.1) is 11.5 Å². The van der Waals surface area contributed by atoms with Crippen LogP contribution in [0.5, 0.6) is 0 Å². The first-order valence-corrected chi connectivity index (χ1v) is 7.94. The summed E-state index contributed by atoms with van der Waals surface area (Å²) in [5.41, 5.74) is 2.56. The number of carbonyl (C=O) groups is 2. The van der Waals surface area contributed by atoms with Gasteiger partial charge in [-0.1, -0.05) is 36.4 Å². The first-order chi connectivity index (χ1) is 11.0. The lowest BCUT2D eigenvalue weighted by Crippen LogP contribution is -2.26. The first-order valence-electron chi connectivity index (χ1n) is 7.31. The molecule has 120 valence electrons. The van der Waals surface area contributed by atoms with Crippen molar-refractivity contribution < 1.29 is 14.7 Å². The van der Waals surface area contributed by atoms with Crippen LogP contribution in [-0.4, -0.2) is 22.7 Å². The molecule has 2 rings (SSSR count). The maximum Gasteiger partial charge on any atom is 0.335 e. The first kappa shape index (κ1) is 17.1. The highest BCUT2D eigenvalue weighted by Crippen LogP contribution is 2.19. The Kier molecular flexibility index (Phi) is 5.82. The summed E-state index contributed by atoms with van der Waals surface area (Å²) in [5, 5.41) is 11.9. The summed E-state index contributed by atoms with van der Waals surface area (Å²) >= 11 is 4.28. The fraction of sp³-hybridized carbons (Fsp3) is 0.222. The third kappa shape index (κ3) is 4.60. The van der Waals surface area contributed by atoms with Crippen molar-refractivity contribution in [3.8, 4) is 0 Å². The highest BCUT2D eigenvalue weighted by Gasteiger charge is 2.18. The highest BCUT2D eigenvalue weighted by atomic mass is 32.1. The third-order valence-electron chi connectivity index (χ3n) is 3.66. The van der Waals surface area contributed by atoms with E-state index in [1.807, 2.05) is 37.3 Å². The minimum atomic E-state index is -1.02. The Morgan fingerprint density at radius 1 is 1.17 bits per heavy atom. The molecule has 5 heteroatoms. The summed E-state index contributed by atoms with van der Waals surface area (Å²) in [5.74, 6) is -1.04. The number of aromatic carboxylic acids is 1. The molecule has 1 unspecified atom stereocenters. The molecule has 0 heterocycles. The Balaban J connectivity index is 2.13. The second-order valence-corrected chi connectivity index (χ2v) is 5.76. The molecular weight excluding hydrogens is 310 g/mol. The molecule has 1 amide bonds. The van der Waals surface area contributed by atoms with Crippen LogP contribution in [0.3, 0.4) is 0 Å². The van der Waals surface area contributed by atoms with E-state index >= 15 is 0 Å². The number of amides is 1. The molecule has 2 aromatic rings. The molecule has 23 heavy (non-hydrogen) atoms. The highest BCUT2D eigenvalue weighted by molar-refractivity contribution is 7.80. The molecule has 0 bridgehead atoms. The summed E-state index contributed by atoms with van der Waals surface area (Å²) < 4.78 is 0. The van der Waals surface area contributed by atoms with E-state index < -0.39 is 5.97 Å². The van der Waals surface area contributed by atoms with E-state index in [2.05, 4.69) is 17.9 Å². The van der Waals surface area contributed by atoms with Gasteiger partial charge in [0.15, 0.2) is 0 Å². The zero-order valence-electron chi connectivity index (χ0n) is 12.8. The summed E-state index contributed by atoms with van der Waals surface area (Å²) in [6, 6.07) is 14.4. The van der Waals surface area contributed by atoms with E-state index in [0.29, 0.717) is 17.9 Å². The number of anilines is 1. The lowest BCUT2D eigenvalue weighted by Gasteiger charge is -2.16. The van der Waals surface area contributed by atoms with Crippen LogP contribution >= 0.6 is 12.6 Å². The zero-order chi connectivity index (χ0) is 16.8. The molecule has 0 aliphatic rings. The molecule has 2 aromatic carbocycles. The fourth-order valence-corrected chi connectivity index (χ4v) is 2.56. The molecule has 1 atom stereocenters. The predicted molar refractivity (Wildman–Crippen MR) is 94.3 cm³/mol.